The van der Waals surface area contributed by atoms with Crippen LogP contribution in [0.5, 0.6) is 0 Å². The maximum atomic E-state index is 11.5. The van der Waals surface area contributed by atoms with Gasteiger partial charge in [0.15, 0.2) is 0 Å². The van der Waals surface area contributed by atoms with Crippen molar-refractivity contribution in [2.45, 2.75) is 56.5 Å². The zero-order chi connectivity index (χ0) is 22.7. The SMILES string of the molecule is Cc1nc(SCCCCCN2CCCCC23OC(=O)C(=O)O3)nn1-c1ccc(Cl)c(Cl)c1. The first-order chi connectivity index (χ1) is 15.4. The summed E-state index contributed by atoms with van der Waals surface area (Å²) in [5.41, 5.74) is 0.819. The highest BCUT2D eigenvalue weighted by atomic mass is 35.5. The summed E-state index contributed by atoms with van der Waals surface area (Å²) < 4.78 is 12.3. The molecule has 11 heteroatoms. The molecule has 1 aromatic carbocycles. The van der Waals surface area contributed by atoms with Gasteiger partial charge in [0, 0.05) is 25.3 Å². The van der Waals surface area contributed by atoms with Crippen molar-refractivity contribution in [3.05, 3.63) is 34.1 Å². The van der Waals surface area contributed by atoms with Crippen LogP contribution in [-0.4, -0.2) is 56.4 Å². The monoisotopic (exact) mass is 498 g/mol. The molecule has 0 unspecified atom stereocenters. The van der Waals surface area contributed by atoms with Gasteiger partial charge in [-0.1, -0.05) is 41.4 Å². The van der Waals surface area contributed by atoms with Crippen molar-refractivity contribution in [1.29, 1.82) is 0 Å². The molecular formula is C21H24Cl2N4O4S. The topological polar surface area (TPSA) is 86.6 Å². The van der Waals surface area contributed by atoms with E-state index in [1.807, 2.05) is 17.9 Å². The highest BCUT2D eigenvalue weighted by Gasteiger charge is 2.53. The van der Waals surface area contributed by atoms with E-state index in [0.29, 0.717) is 28.2 Å². The number of benzene rings is 1. The van der Waals surface area contributed by atoms with Gasteiger partial charge < -0.3 is 9.47 Å². The van der Waals surface area contributed by atoms with Crippen LogP contribution in [0.1, 0.15) is 44.3 Å². The van der Waals surface area contributed by atoms with Crippen LogP contribution in [0.3, 0.4) is 0 Å². The van der Waals surface area contributed by atoms with Gasteiger partial charge >= 0.3 is 17.8 Å². The molecule has 0 bridgehead atoms. The Labute approximate surface area is 200 Å². The standard InChI is InChI=1S/C21H24Cl2N4O4S/c1-14-24-20(25-27(14)15-7-8-16(22)17(23)13-15)32-12-6-2-4-10-26-11-5-3-9-21(26)30-18(28)19(29)31-21/h7-8,13H,2-6,9-12H2,1H3. The van der Waals surface area contributed by atoms with Crippen molar-refractivity contribution in [3.63, 3.8) is 0 Å². The molecule has 2 aromatic rings. The highest BCUT2D eigenvalue weighted by molar-refractivity contribution is 7.99. The number of carbonyl (C=O) groups excluding carboxylic acids is 2. The van der Waals surface area contributed by atoms with E-state index in [2.05, 4.69) is 10.1 Å². The summed E-state index contributed by atoms with van der Waals surface area (Å²) in [6, 6.07) is 5.37. The van der Waals surface area contributed by atoms with Crippen LogP contribution in [-0.2, 0) is 19.1 Å². The van der Waals surface area contributed by atoms with Crippen molar-refractivity contribution in [1.82, 2.24) is 19.7 Å². The van der Waals surface area contributed by atoms with Crippen molar-refractivity contribution in [2.24, 2.45) is 0 Å². The summed E-state index contributed by atoms with van der Waals surface area (Å²) in [6.07, 6.45) is 5.31. The van der Waals surface area contributed by atoms with Gasteiger partial charge in [0.25, 0.3) is 0 Å². The second-order valence-electron chi connectivity index (χ2n) is 7.80. The lowest BCUT2D eigenvalue weighted by Gasteiger charge is -2.40. The number of unbranched alkanes of at least 4 members (excludes halogenated alkanes) is 2. The van der Waals surface area contributed by atoms with Crippen LogP contribution in [0, 0.1) is 6.92 Å². The molecule has 0 radical (unpaired) electrons. The van der Waals surface area contributed by atoms with E-state index in [0.717, 1.165) is 55.9 Å². The number of hydrogen-bond acceptors (Lipinski definition) is 8. The van der Waals surface area contributed by atoms with Crippen molar-refractivity contribution >= 4 is 46.9 Å². The van der Waals surface area contributed by atoms with Crippen LogP contribution in [0.25, 0.3) is 5.69 Å². The van der Waals surface area contributed by atoms with Crippen molar-refractivity contribution in [3.8, 4) is 5.69 Å². The van der Waals surface area contributed by atoms with Gasteiger partial charge in [0.2, 0.25) is 5.16 Å². The minimum atomic E-state index is -1.18. The van der Waals surface area contributed by atoms with Crippen LogP contribution < -0.4 is 0 Å². The average Bonchev–Trinajstić information content (AvgIpc) is 3.27. The summed E-state index contributed by atoms with van der Waals surface area (Å²) >= 11 is 13.7. The third-order valence-corrected chi connectivity index (χ3v) is 7.19. The van der Waals surface area contributed by atoms with Gasteiger partial charge in [0.1, 0.15) is 5.82 Å². The molecule has 0 atom stereocenters. The molecule has 2 aliphatic rings. The van der Waals surface area contributed by atoms with Crippen LogP contribution in [0.15, 0.2) is 23.4 Å². The van der Waals surface area contributed by atoms with Crippen LogP contribution in [0.2, 0.25) is 10.0 Å². The fraction of sp³-hybridized carbons (Fsp3) is 0.524. The molecule has 2 saturated heterocycles. The molecule has 0 amide bonds. The number of esters is 2. The molecule has 1 spiro atoms. The van der Waals surface area contributed by atoms with Gasteiger partial charge in [-0.25, -0.2) is 24.2 Å². The summed E-state index contributed by atoms with van der Waals surface area (Å²) in [5.74, 6) is -1.30. The number of halogens is 2. The van der Waals surface area contributed by atoms with E-state index in [9.17, 15) is 9.59 Å². The van der Waals surface area contributed by atoms with E-state index in [1.54, 1.807) is 28.6 Å². The number of likely N-dealkylation sites (tertiary alicyclic amines) is 1. The quantitative estimate of drug-likeness (QED) is 0.229. The Bertz CT molecular complexity index is 1000. The third kappa shape index (κ3) is 5.06. The Morgan fingerprint density at radius 1 is 1.09 bits per heavy atom. The zero-order valence-corrected chi connectivity index (χ0v) is 20.0. The average molecular weight is 499 g/mol. The fourth-order valence-electron chi connectivity index (χ4n) is 3.92. The summed E-state index contributed by atoms with van der Waals surface area (Å²) in [4.78, 5) is 29.6. The predicted molar refractivity (Wildman–Crippen MR) is 121 cm³/mol. The van der Waals surface area contributed by atoms with E-state index < -0.39 is 17.8 Å². The highest BCUT2D eigenvalue weighted by Crippen LogP contribution is 2.35. The van der Waals surface area contributed by atoms with Gasteiger partial charge in [-0.05, 0) is 50.8 Å². The molecule has 2 aliphatic heterocycles. The Balaban J connectivity index is 1.23. The first kappa shape index (κ1) is 23.4. The number of piperidine rings is 1. The maximum absolute atomic E-state index is 11.5. The third-order valence-electron chi connectivity index (χ3n) is 5.52. The smallest absolute Gasteiger partial charge is 0.400 e. The van der Waals surface area contributed by atoms with E-state index in [1.165, 1.54) is 0 Å². The van der Waals surface area contributed by atoms with Gasteiger partial charge in [0.05, 0.1) is 15.7 Å². The normalized spacial score (nSPS) is 18.2. The molecule has 0 aliphatic carbocycles. The Morgan fingerprint density at radius 3 is 2.62 bits per heavy atom. The lowest BCUT2D eigenvalue weighted by Crippen LogP contribution is -2.53. The molecular weight excluding hydrogens is 475 g/mol. The fourth-order valence-corrected chi connectivity index (χ4v) is 5.08. The summed E-state index contributed by atoms with van der Waals surface area (Å²) in [5, 5.41) is 6.26. The van der Waals surface area contributed by atoms with Gasteiger partial charge in [-0.2, -0.15) is 0 Å². The molecule has 2 fully saturated rings. The first-order valence-electron chi connectivity index (χ1n) is 10.6. The minimum Gasteiger partial charge on any atom is -0.400 e. The second-order valence-corrected chi connectivity index (χ2v) is 9.67. The zero-order valence-electron chi connectivity index (χ0n) is 17.7. The van der Waals surface area contributed by atoms with Gasteiger partial charge in [-0.15, -0.1) is 5.10 Å². The van der Waals surface area contributed by atoms with Crippen molar-refractivity contribution in [2.75, 3.05) is 18.8 Å². The Morgan fingerprint density at radius 2 is 1.88 bits per heavy atom. The number of nitrogens with zero attached hydrogens (tertiary/aromatic N) is 4. The number of carbonyl (C=O) groups is 2. The number of aromatic nitrogens is 3. The summed E-state index contributed by atoms with van der Waals surface area (Å²) in [7, 11) is 0. The molecule has 172 valence electrons. The van der Waals surface area contributed by atoms with Crippen LogP contribution in [0.4, 0.5) is 0 Å². The molecule has 4 rings (SSSR count). The number of rotatable bonds is 8. The summed E-state index contributed by atoms with van der Waals surface area (Å²) in [6.45, 7) is 3.37. The van der Waals surface area contributed by atoms with Crippen LogP contribution >= 0.6 is 35.0 Å². The Hall–Kier alpha value is -1.81. The molecule has 0 saturated carbocycles. The van der Waals surface area contributed by atoms with E-state index in [-0.39, 0.29) is 0 Å². The van der Waals surface area contributed by atoms with Crippen molar-refractivity contribution < 1.29 is 19.1 Å². The Kier molecular flexibility index (Phi) is 7.29. The lowest BCUT2D eigenvalue weighted by molar-refractivity contribution is -0.263. The minimum absolute atomic E-state index is 0.478. The molecule has 3 heterocycles. The largest absolute Gasteiger partial charge is 0.421 e. The number of ether oxygens (including phenoxy) is 2. The van der Waals surface area contributed by atoms with Gasteiger partial charge in [-0.3, -0.25) is 0 Å². The second kappa shape index (κ2) is 9.99. The molecule has 0 N–H and O–H groups in total. The lowest BCUT2D eigenvalue weighted by atomic mass is 10.1. The molecule has 1 aromatic heterocycles. The molecule has 32 heavy (non-hydrogen) atoms. The number of hydrogen-bond donors (Lipinski definition) is 0. The maximum Gasteiger partial charge on any atom is 0.421 e. The number of aryl methyl sites for hydroxylation is 1. The predicted octanol–water partition coefficient (Wildman–Crippen LogP) is 4.38. The number of thioether (sulfide) groups is 1. The van der Waals surface area contributed by atoms with E-state index in [4.69, 9.17) is 32.7 Å². The van der Waals surface area contributed by atoms with E-state index >= 15 is 0 Å². The first-order valence-corrected chi connectivity index (χ1v) is 12.4. The molecule has 8 nitrogen and oxygen atoms in total.